The molecule has 17 heavy (non-hydrogen) atoms. The van der Waals surface area contributed by atoms with E-state index in [9.17, 15) is 8.42 Å². The molecule has 1 aromatic rings. The van der Waals surface area contributed by atoms with Crippen molar-refractivity contribution in [3.8, 4) is 0 Å². The predicted molar refractivity (Wildman–Crippen MR) is 65.2 cm³/mol. The van der Waals surface area contributed by atoms with Crippen molar-refractivity contribution in [2.24, 2.45) is 0 Å². The number of rotatable bonds is 2. The maximum Gasteiger partial charge on any atom is 0.245 e. The normalized spacial score (nSPS) is 18.2. The standard InChI is InChI=1S/C12H17NO3S/c1-10-4-5-12(11(2)8-10)17(14,15)13-6-3-7-16-9-13/h4-5,8H,3,6-7,9H2,1-2H3. The molecule has 1 aliphatic heterocycles. The summed E-state index contributed by atoms with van der Waals surface area (Å²) in [5.74, 6) is 0. The highest BCUT2D eigenvalue weighted by molar-refractivity contribution is 7.89. The highest BCUT2D eigenvalue weighted by atomic mass is 32.2. The molecule has 94 valence electrons. The molecule has 0 amide bonds. The average molecular weight is 255 g/mol. The van der Waals surface area contributed by atoms with Crippen LogP contribution in [0.2, 0.25) is 0 Å². The molecule has 0 aromatic heterocycles. The van der Waals surface area contributed by atoms with Crippen molar-refractivity contribution in [3.05, 3.63) is 29.3 Å². The van der Waals surface area contributed by atoms with Crippen LogP contribution in [0.5, 0.6) is 0 Å². The molecule has 0 atom stereocenters. The lowest BCUT2D eigenvalue weighted by Crippen LogP contribution is -2.38. The van der Waals surface area contributed by atoms with E-state index < -0.39 is 10.0 Å². The number of ether oxygens (including phenoxy) is 1. The Bertz CT molecular complexity index is 504. The Labute approximate surface area is 102 Å². The van der Waals surface area contributed by atoms with E-state index in [1.54, 1.807) is 6.07 Å². The second-order valence-electron chi connectivity index (χ2n) is 4.34. The van der Waals surface area contributed by atoms with Gasteiger partial charge in [0.25, 0.3) is 0 Å². The highest BCUT2D eigenvalue weighted by Crippen LogP contribution is 2.22. The minimum absolute atomic E-state index is 0.162. The van der Waals surface area contributed by atoms with Gasteiger partial charge >= 0.3 is 0 Å². The van der Waals surface area contributed by atoms with Crippen LogP contribution in [0.4, 0.5) is 0 Å². The van der Waals surface area contributed by atoms with E-state index in [4.69, 9.17) is 4.74 Å². The van der Waals surface area contributed by atoms with Crippen molar-refractivity contribution in [1.82, 2.24) is 4.31 Å². The minimum Gasteiger partial charge on any atom is -0.365 e. The van der Waals surface area contributed by atoms with Gasteiger partial charge in [-0.3, -0.25) is 0 Å². The first-order chi connectivity index (χ1) is 8.01. The smallest absolute Gasteiger partial charge is 0.245 e. The van der Waals surface area contributed by atoms with E-state index >= 15 is 0 Å². The summed E-state index contributed by atoms with van der Waals surface area (Å²) in [7, 11) is -3.40. The molecule has 0 bridgehead atoms. The van der Waals surface area contributed by atoms with Gasteiger partial charge in [-0.1, -0.05) is 17.7 Å². The lowest BCUT2D eigenvalue weighted by Gasteiger charge is -2.26. The van der Waals surface area contributed by atoms with Gasteiger partial charge in [0, 0.05) is 13.2 Å². The predicted octanol–water partition coefficient (Wildman–Crippen LogP) is 1.67. The van der Waals surface area contributed by atoms with Gasteiger partial charge in [0.05, 0.1) is 4.90 Å². The first-order valence-electron chi connectivity index (χ1n) is 5.67. The second kappa shape index (κ2) is 4.76. The maximum atomic E-state index is 12.4. The molecule has 0 saturated carbocycles. The Morgan fingerprint density at radius 2 is 2.06 bits per heavy atom. The minimum atomic E-state index is -3.40. The van der Waals surface area contributed by atoms with Crippen LogP contribution >= 0.6 is 0 Å². The zero-order chi connectivity index (χ0) is 12.5. The third kappa shape index (κ3) is 2.51. The Morgan fingerprint density at radius 3 is 2.65 bits per heavy atom. The lowest BCUT2D eigenvalue weighted by molar-refractivity contribution is 0.0313. The number of benzene rings is 1. The van der Waals surface area contributed by atoms with Crippen LogP contribution in [0.1, 0.15) is 17.5 Å². The maximum absolute atomic E-state index is 12.4. The number of aryl methyl sites for hydroxylation is 2. The monoisotopic (exact) mass is 255 g/mol. The van der Waals surface area contributed by atoms with Gasteiger partial charge in [0.15, 0.2) is 0 Å². The largest absolute Gasteiger partial charge is 0.365 e. The number of hydrogen-bond acceptors (Lipinski definition) is 3. The molecular weight excluding hydrogens is 238 g/mol. The van der Waals surface area contributed by atoms with Crippen LogP contribution in [-0.2, 0) is 14.8 Å². The summed E-state index contributed by atoms with van der Waals surface area (Å²) in [5.41, 5.74) is 1.85. The van der Waals surface area contributed by atoms with E-state index in [0.29, 0.717) is 18.0 Å². The van der Waals surface area contributed by atoms with Gasteiger partial charge in [-0.15, -0.1) is 0 Å². The van der Waals surface area contributed by atoms with Gasteiger partial charge in [-0.05, 0) is 31.9 Å². The highest BCUT2D eigenvalue weighted by Gasteiger charge is 2.27. The van der Waals surface area contributed by atoms with Crippen molar-refractivity contribution in [2.45, 2.75) is 25.2 Å². The first kappa shape index (κ1) is 12.5. The summed E-state index contributed by atoms with van der Waals surface area (Å²) in [5, 5.41) is 0. The SMILES string of the molecule is Cc1ccc(S(=O)(=O)N2CCCOC2)c(C)c1. The van der Waals surface area contributed by atoms with Crippen LogP contribution in [0.25, 0.3) is 0 Å². The van der Waals surface area contributed by atoms with Gasteiger partial charge in [-0.2, -0.15) is 4.31 Å². The van der Waals surface area contributed by atoms with E-state index in [2.05, 4.69) is 0 Å². The molecular formula is C12H17NO3S. The summed E-state index contributed by atoms with van der Waals surface area (Å²) in [6, 6.07) is 5.39. The molecule has 0 spiro atoms. The Hall–Kier alpha value is -0.910. The van der Waals surface area contributed by atoms with Crippen LogP contribution < -0.4 is 0 Å². The molecule has 0 aliphatic carbocycles. The molecule has 1 heterocycles. The van der Waals surface area contributed by atoms with Crippen molar-refractivity contribution in [2.75, 3.05) is 19.9 Å². The molecule has 0 N–H and O–H groups in total. The van der Waals surface area contributed by atoms with Gasteiger partial charge in [0.2, 0.25) is 10.0 Å². The Kier molecular flexibility index (Phi) is 3.51. The number of hydrogen-bond donors (Lipinski definition) is 0. The first-order valence-corrected chi connectivity index (χ1v) is 7.11. The fourth-order valence-electron chi connectivity index (χ4n) is 1.99. The summed E-state index contributed by atoms with van der Waals surface area (Å²) in [4.78, 5) is 0.383. The van der Waals surface area contributed by atoms with Crippen LogP contribution in [0, 0.1) is 13.8 Å². The van der Waals surface area contributed by atoms with E-state index in [-0.39, 0.29) is 6.73 Å². The lowest BCUT2D eigenvalue weighted by atomic mass is 10.2. The van der Waals surface area contributed by atoms with Crippen LogP contribution in [0.3, 0.4) is 0 Å². The van der Waals surface area contributed by atoms with Crippen molar-refractivity contribution in [1.29, 1.82) is 0 Å². The topological polar surface area (TPSA) is 46.6 Å². The van der Waals surface area contributed by atoms with Crippen molar-refractivity contribution >= 4 is 10.0 Å². The molecule has 4 nitrogen and oxygen atoms in total. The van der Waals surface area contributed by atoms with Gasteiger partial charge in [-0.25, -0.2) is 8.42 Å². The Morgan fingerprint density at radius 1 is 1.29 bits per heavy atom. The molecule has 1 aromatic carbocycles. The third-order valence-electron chi connectivity index (χ3n) is 2.88. The summed E-state index contributed by atoms with van der Waals surface area (Å²) in [6.45, 7) is 5.11. The zero-order valence-electron chi connectivity index (χ0n) is 10.1. The molecule has 5 heteroatoms. The van der Waals surface area contributed by atoms with E-state index in [1.165, 1.54) is 4.31 Å². The van der Waals surface area contributed by atoms with E-state index in [1.807, 2.05) is 26.0 Å². The molecule has 2 rings (SSSR count). The average Bonchev–Trinajstić information content (AvgIpc) is 2.29. The summed E-state index contributed by atoms with van der Waals surface area (Å²) < 4.78 is 31.3. The van der Waals surface area contributed by atoms with Crippen LogP contribution in [0.15, 0.2) is 23.1 Å². The Balaban J connectivity index is 2.37. The van der Waals surface area contributed by atoms with E-state index in [0.717, 1.165) is 17.5 Å². The fraction of sp³-hybridized carbons (Fsp3) is 0.500. The second-order valence-corrected chi connectivity index (χ2v) is 6.25. The quantitative estimate of drug-likeness (QED) is 0.807. The van der Waals surface area contributed by atoms with Crippen molar-refractivity contribution < 1.29 is 13.2 Å². The number of sulfonamides is 1. The van der Waals surface area contributed by atoms with Gasteiger partial charge in [0.1, 0.15) is 6.73 Å². The summed E-state index contributed by atoms with van der Waals surface area (Å²) in [6.07, 6.45) is 0.754. The molecule has 1 aliphatic rings. The van der Waals surface area contributed by atoms with Crippen LogP contribution in [-0.4, -0.2) is 32.6 Å². The molecule has 0 radical (unpaired) electrons. The molecule has 0 unspecified atom stereocenters. The number of nitrogens with zero attached hydrogens (tertiary/aromatic N) is 1. The fourth-order valence-corrected chi connectivity index (χ4v) is 3.56. The molecule has 1 fully saturated rings. The third-order valence-corrected chi connectivity index (χ3v) is 4.86. The van der Waals surface area contributed by atoms with Gasteiger partial charge < -0.3 is 4.74 Å². The van der Waals surface area contributed by atoms with Crippen molar-refractivity contribution in [3.63, 3.8) is 0 Å². The summed E-state index contributed by atoms with van der Waals surface area (Å²) >= 11 is 0. The zero-order valence-corrected chi connectivity index (χ0v) is 11.0. The molecule has 1 saturated heterocycles.